The van der Waals surface area contributed by atoms with Gasteiger partial charge in [-0.3, -0.25) is 10.1 Å². The Morgan fingerprint density at radius 3 is 2.60 bits per heavy atom. The van der Waals surface area contributed by atoms with Crippen LogP contribution in [0.15, 0.2) is 42.5 Å². The smallest absolute Gasteiger partial charge is 0.269 e. The minimum Gasteiger partial charge on any atom is -0.378 e. The Morgan fingerprint density at radius 1 is 1.08 bits per heavy atom. The number of nitrogens with zero attached hydrogens (tertiary/aromatic N) is 1. The minimum absolute atomic E-state index is 0.148. The number of nitro benzene ring substituents is 1. The molecule has 2 fully saturated rings. The maximum absolute atomic E-state index is 13.3. The molecule has 5 heteroatoms. The maximum Gasteiger partial charge on any atom is 0.269 e. The number of non-ortho nitro benzene ring substituents is 1. The lowest BCUT2D eigenvalue weighted by Crippen LogP contribution is -2.35. The van der Waals surface area contributed by atoms with Crippen LogP contribution in [0.4, 0.5) is 15.8 Å². The van der Waals surface area contributed by atoms with Crippen molar-refractivity contribution >= 4 is 11.4 Å². The summed E-state index contributed by atoms with van der Waals surface area (Å²) in [5.74, 6) is 1.83. The van der Waals surface area contributed by atoms with Gasteiger partial charge in [-0.05, 0) is 72.3 Å². The first-order valence-electron chi connectivity index (χ1n) is 8.92. The standard InChI is InChI=1S/C20H19FN2O2/c21-14-5-3-11(4-6-14)20-19-13-2-1-12(9-13)18(19)16-10-15(23(24)25)7-8-17(16)22-20/h3-8,10,12-13,18-20,22H,1-2,9H2/t12-,13-,18-,19-,20-/m0/s1. The van der Waals surface area contributed by atoms with Gasteiger partial charge in [0, 0.05) is 17.8 Å². The van der Waals surface area contributed by atoms with E-state index in [2.05, 4.69) is 5.32 Å². The van der Waals surface area contributed by atoms with Crippen LogP contribution in [0.3, 0.4) is 0 Å². The molecule has 0 radical (unpaired) electrons. The van der Waals surface area contributed by atoms with Gasteiger partial charge >= 0.3 is 0 Å². The Morgan fingerprint density at radius 2 is 1.84 bits per heavy atom. The van der Waals surface area contributed by atoms with Crippen LogP contribution in [0.1, 0.15) is 42.3 Å². The lowest BCUT2D eigenvalue weighted by molar-refractivity contribution is -0.384. The van der Waals surface area contributed by atoms with E-state index in [0.29, 0.717) is 23.7 Å². The second-order valence-corrected chi connectivity index (χ2v) is 7.64. The van der Waals surface area contributed by atoms with E-state index in [9.17, 15) is 14.5 Å². The molecule has 2 aromatic rings. The average Bonchev–Trinajstić information content (AvgIpc) is 3.23. The van der Waals surface area contributed by atoms with E-state index >= 15 is 0 Å². The number of anilines is 1. The first-order valence-corrected chi connectivity index (χ1v) is 8.92. The van der Waals surface area contributed by atoms with Gasteiger partial charge in [-0.2, -0.15) is 0 Å². The van der Waals surface area contributed by atoms with Crippen molar-refractivity contribution in [3.63, 3.8) is 0 Å². The molecule has 2 bridgehead atoms. The first-order chi connectivity index (χ1) is 12.1. The SMILES string of the molecule is O=[N+]([O-])c1ccc2c(c1)[C@@H]1[C@H]3CC[C@@H](C3)[C@@H]1[C@H](c1ccc(F)cc1)N2. The Balaban J connectivity index is 1.62. The van der Waals surface area contributed by atoms with Crippen molar-refractivity contribution in [2.24, 2.45) is 17.8 Å². The molecule has 3 aliphatic rings. The summed E-state index contributed by atoms with van der Waals surface area (Å²) < 4.78 is 13.3. The first kappa shape index (κ1) is 14.9. The molecule has 4 nitrogen and oxygen atoms in total. The van der Waals surface area contributed by atoms with Crippen LogP contribution in [-0.2, 0) is 0 Å². The van der Waals surface area contributed by atoms with Crippen LogP contribution in [0.25, 0.3) is 0 Å². The predicted octanol–water partition coefficient (Wildman–Crippen LogP) is 5.03. The fourth-order valence-electron chi connectivity index (χ4n) is 5.59. The quantitative estimate of drug-likeness (QED) is 0.617. The van der Waals surface area contributed by atoms with E-state index in [-0.39, 0.29) is 22.5 Å². The minimum atomic E-state index is -0.311. The third kappa shape index (κ3) is 2.18. The molecule has 0 aromatic heterocycles. The Bertz CT molecular complexity index is 851. The number of hydrogen-bond acceptors (Lipinski definition) is 3. The normalized spacial score (nSPS) is 32.0. The predicted molar refractivity (Wildman–Crippen MR) is 92.9 cm³/mol. The summed E-state index contributed by atoms with van der Waals surface area (Å²) in [6.07, 6.45) is 3.65. The topological polar surface area (TPSA) is 55.2 Å². The van der Waals surface area contributed by atoms with Crippen molar-refractivity contribution in [3.05, 3.63) is 69.5 Å². The fourth-order valence-corrected chi connectivity index (χ4v) is 5.59. The van der Waals surface area contributed by atoms with E-state index in [4.69, 9.17) is 0 Å². The van der Waals surface area contributed by atoms with E-state index in [0.717, 1.165) is 16.8 Å². The third-order valence-electron chi connectivity index (χ3n) is 6.51. The van der Waals surface area contributed by atoms with Gasteiger partial charge < -0.3 is 5.32 Å². The van der Waals surface area contributed by atoms with Crippen molar-refractivity contribution in [3.8, 4) is 0 Å². The van der Waals surface area contributed by atoms with E-state index in [1.807, 2.05) is 18.2 Å². The number of rotatable bonds is 2. The van der Waals surface area contributed by atoms with Gasteiger partial charge in [0.2, 0.25) is 0 Å². The van der Waals surface area contributed by atoms with Gasteiger partial charge in [0.1, 0.15) is 5.82 Å². The monoisotopic (exact) mass is 338 g/mol. The number of nitrogens with one attached hydrogen (secondary N) is 1. The molecule has 2 aliphatic carbocycles. The molecule has 5 atom stereocenters. The van der Waals surface area contributed by atoms with Crippen LogP contribution >= 0.6 is 0 Å². The van der Waals surface area contributed by atoms with Crippen LogP contribution in [0.2, 0.25) is 0 Å². The summed E-state index contributed by atoms with van der Waals surface area (Å²) in [6.45, 7) is 0. The van der Waals surface area contributed by atoms with Crippen LogP contribution in [-0.4, -0.2) is 4.92 Å². The molecule has 0 unspecified atom stereocenters. The highest BCUT2D eigenvalue weighted by Crippen LogP contribution is 2.63. The number of nitro groups is 1. The molecule has 2 saturated carbocycles. The number of fused-ring (bicyclic) bond motifs is 7. The molecule has 0 saturated heterocycles. The van der Waals surface area contributed by atoms with Gasteiger partial charge in [0.25, 0.3) is 5.69 Å². The summed E-state index contributed by atoms with van der Waals surface area (Å²) in [7, 11) is 0. The Hall–Kier alpha value is -2.43. The van der Waals surface area contributed by atoms with Crippen molar-refractivity contribution < 1.29 is 9.31 Å². The second-order valence-electron chi connectivity index (χ2n) is 7.64. The van der Waals surface area contributed by atoms with Crippen LogP contribution < -0.4 is 5.32 Å². The van der Waals surface area contributed by atoms with E-state index in [1.54, 1.807) is 12.1 Å². The molecule has 1 heterocycles. The summed E-state index contributed by atoms with van der Waals surface area (Å²) in [5, 5.41) is 14.8. The molecule has 25 heavy (non-hydrogen) atoms. The molecule has 0 spiro atoms. The largest absolute Gasteiger partial charge is 0.378 e. The van der Waals surface area contributed by atoms with Gasteiger partial charge in [-0.25, -0.2) is 4.39 Å². The highest BCUT2D eigenvalue weighted by Gasteiger charge is 2.54. The summed E-state index contributed by atoms with van der Waals surface area (Å²) >= 11 is 0. The van der Waals surface area contributed by atoms with Crippen molar-refractivity contribution in [1.29, 1.82) is 0 Å². The maximum atomic E-state index is 13.3. The summed E-state index contributed by atoms with van der Waals surface area (Å²) in [6, 6.07) is 12.1. The molecular weight excluding hydrogens is 319 g/mol. The Kier molecular flexibility index (Phi) is 3.14. The summed E-state index contributed by atoms with van der Waals surface area (Å²) in [4.78, 5) is 10.9. The Labute approximate surface area is 145 Å². The van der Waals surface area contributed by atoms with Gasteiger partial charge in [-0.15, -0.1) is 0 Å². The lowest BCUT2D eigenvalue weighted by atomic mass is 9.68. The number of hydrogen-bond donors (Lipinski definition) is 1. The average molecular weight is 338 g/mol. The molecular formula is C20H19FN2O2. The summed E-state index contributed by atoms with van der Waals surface area (Å²) in [5.41, 5.74) is 3.37. The van der Waals surface area contributed by atoms with Crippen LogP contribution in [0, 0.1) is 33.7 Å². The molecule has 0 amide bonds. The molecule has 1 aliphatic heterocycles. The zero-order chi connectivity index (χ0) is 17.1. The molecule has 128 valence electrons. The van der Waals surface area contributed by atoms with E-state index in [1.165, 1.54) is 31.4 Å². The van der Waals surface area contributed by atoms with Gasteiger partial charge in [-0.1, -0.05) is 12.1 Å². The number of benzene rings is 2. The van der Waals surface area contributed by atoms with Crippen LogP contribution in [0.5, 0.6) is 0 Å². The zero-order valence-electron chi connectivity index (χ0n) is 13.7. The molecule has 2 aromatic carbocycles. The van der Waals surface area contributed by atoms with Gasteiger partial charge in [0.05, 0.1) is 11.0 Å². The second kappa shape index (κ2) is 5.28. The molecule has 1 N–H and O–H groups in total. The molecule has 5 rings (SSSR count). The van der Waals surface area contributed by atoms with Gasteiger partial charge in [0.15, 0.2) is 0 Å². The number of halogens is 1. The highest BCUT2D eigenvalue weighted by atomic mass is 19.1. The van der Waals surface area contributed by atoms with Crippen molar-refractivity contribution in [2.75, 3.05) is 5.32 Å². The van der Waals surface area contributed by atoms with E-state index < -0.39 is 0 Å². The highest BCUT2D eigenvalue weighted by molar-refractivity contribution is 5.62. The lowest BCUT2D eigenvalue weighted by Gasteiger charge is -2.43. The van der Waals surface area contributed by atoms with Crippen molar-refractivity contribution in [2.45, 2.75) is 31.2 Å². The third-order valence-corrected chi connectivity index (χ3v) is 6.51. The van der Waals surface area contributed by atoms with Crippen molar-refractivity contribution in [1.82, 2.24) is 0 Å². The zero-order valence-corrected chi connectivity index (χ0v) is 13.7. The fraction of sp³-hybridized carbons (Fsp3) is 0.400.